The van der Waals surface area contributed by atoms with Crippen molar-refractivity contribution in [1.29, 1.82) is 0 Å². The Bertz CT molecular complexity index is 529. The number of benzene rings is 1. The first-order chi connectivity index (χ1) is 8.48. The van der Waals surface area contributed by atoms with Gasteiger partial charge in [-0.2, -0.15) is 4.31 Å². The van der Waals surface area contributed by atoms with Crippen LogP contribution in [0.1, 0.15) is 12.8 Å². The lowest BCUT2D eigenvalue weighted by molar-refractivity contribution is 0.340. The van der Waals surface area contributed by atoms with Gasteiger partial charge in [0.25, 0.3) is 0 Å². The van der Waals surface area contributed by atoms with Crippen LogP contribution in [0.4, 0.5) is 0 Å². The van der Waals surface area contributed by atoms with Crippen molar-refractivity contribution in [3.63, 3.8) is 0 Å². The summed E-state index contributed by atoms with van der Waals surface area (Å²) in [5.74, 6) is 0.414. The Morgan fingerprint density at radius 2 is 2.06 bits per heavy atom. The van der Waals surface area contributed by atoms with Crippen molar-refractivity contribution in [1.82, 2.24) is 4.31 Å². The maximum Gasteiger partial charge on any atom is 0.244 e. The van der Waals surface area contributed by atoms with E-state index < -0.39 is 10.0 Å². The Kier molecular flexibility index (Phi) is 4.11. The molecule has 1 aromatic carbocycles. The minimum Gasteiger partial charge on any atom is -0.329 e. The van der Waals surface area contributed by atoms with Crippen LogP contribution < -0.4 is 5.73 Å². The first-order valence-corrected chi connectivity index (χ1v) is 8.14. The summed E-state index contributed by atoms with van der Waals surface area (Å²) in [5.41, 5.74) is 5.71. The highest BCUT2D eigenvalue weighted by molar-refractivity contribution is 9.10. The lowest BCUT2D eigenvalue weighted by Crippen LogP contribution is -2.43. The van der Waals surface area contributed by atoms with E-state index in [4.69, 9.17) is 5.73 Å². The molecule has 1 aromatic rings. The molecule has 4 nitrogen and oxygen atoms in total. The lowest BCUT2D eigenvalue weighted by Gasteiger charge is -2.26. The molecule has 0 aromatic heterocycles. The summed E-state index contributed by atoms with van der Waals surface area (Å²) in [4.78, 5) is 0.298. The Labute approximate surface area is 116 Å². The normalized spacial score (nSPS) is 18.0. The van der Waals surface area contributed by atoms with Crippen LogP contribution in [0, 0.1) is 5.92 Å². The zero-order valence-electron chi connectivity index (χ0n) is 10.2. The van der Waals surface area contributed by atoms with Gasteiger partial charge in [-0.3, -0.25) is 0 Å². The maximum absolute atomic E-state index is 12.5. The molecule has 0 amide bonds. The molecule has 1 fully saturated rings. The van der Waals surface area contributed by atoms with Crippen LogP contribution in [0.3, 0.4) is 0 Å². The molecule has 1 atom stereocenters. The molecule has 1 aliphatic carbocycles. The van der Waals surface area contributed by atoms with Gasteiger partial charge in [-0.25, -0.2) is 8.42 Å². The maximum atomic E-state index is 12.5. The van der Waals surface area contributed by atoms with Gasteiger partial charge in [-0.15, -0.1) is 0 Å². The van der Waals surface area contributed by atoms with Gasteiger partial charge < -0.3 is 5.73 Å². The van der Waals surface area contributed by atoms with E-state index >= 15 is 0 Å². The summed E-state index contributed by atoms with van der Waals surface area (Å²) in [6, 6.07) is 6.76. The molecule has 1 aliphatic rings. The highest BCUT2D eigenvalue weighted by Gasteiger charge is 2.38. The molecule has 0 aliphatic heterocycles. The Morgan fingerprint density at radius 1 is 1.44 bits per heavy atom. The minimum atomic E-state index is -3.48. The van der Waals surface area contributed by atoms with Crippen LogP contribution >= 0.6 is 15.9 Å². The molecule has 1 saturated carbocycles. The fourth-order valence-electron chi connectivity index (χ4n) is 2.11. The molecule has 18 heavy (non-hydrogen) atoms. The monoisotopic (exact) mass is 332 g/mol. The summed E-state index contributed by atoms with van der Waals surface area (Å²) in [6.07, 6.45) is 2.13. The van der Waals surface area contributed by atoms with Crippen LogP contribution in [0.15, 0.2) is 33.6 Å². The predicted molar refractivity (Wildman–Crippen MR) is 74.7 cm³/mol. The van der Waals surface area contributed by atoms with E-state index in [0.717, 1.165) is 12.8 Å². The first-order valence-electron chi connectivity index (χ1n) is 5.91. The molecule has 0 heterocycles. The quantitative estimate of drug-likeness (QED) is 0.894. The number of sulfonamides is 1. The van der Waals surface area contributed by atoms with Crippen molar-refractivity contribution in [3.05, 3.63) is 28.7 Å². The van der Waals surface area contributed by atoms with Gasteiger partial charge in [0.15, 0.2) is 0 Å². The largest absolute Gasteiger partial charge is 0.329 e. The highest BCUT2D eigenvalue weighted by Crippen LogP contribution is 2.37. The van der Waals surface area contributed by atoms with Gasteiger partial charge in [0.2, 0.25) is 10.0 Å². The molecule has 2 N–H and O–H groups in total. The van der Waals surface area contributed by atoms with Crippen molar-refractivity contribution in [2.75, 3.05) is 13.6 Å². The number of hydrogen-bond acceptors (Lipinski definition) is 3. The summed E-state index contributed by atoms with van der Waals surface area (Å²) in [5, 5.41) is 0. The molecule has 0 radical (unpaired) electrons. The Hall–Kier alpha value is -0.430. The lowest BCUT2D eigenvalue weighted by atomic mass is 10.2. The Morgan fingerprint density at radius 3 is 2.56 bits per heavy atom. The van der Waals surface area contributed by atoms with Crippen LogP contribution in [-0.4, -0.2) is 32.4 Å². The fraction of sp³-hybridized carbons (Fsp3) is 0.500. The Balaban J connectivity index is 2.33. The molecular formula is C12H17BrN2O2S. The van der Waals surface area contributed by atoms with Crippen molar-refractivity contribution in [2.45, 2.75) is 23.8 Å². The van der Waals surface area contributed by atoms with Crippen molar-refractivity contribution in [3.8, 4) is 0 Å². The molecule has 0 saturated heterocycles. The number of halogens is 1. The van der Waals surface area contributed by atoms with Crippen LogP contribution in [0.25, 0.3) is 0 Å². The number of hydrogen-bond donors (Lipinski definition) is 1. The zero-order chi connectivity index (χ0) is 13.3. The molecule has 0 bridgehead atoms. The molecular weight excluding hydrogens is 316 g/mol. The van der Waals surface area contributed by atoms with Gasteiger partial charge in [0, 0.05) is 24.1 Å². The first kappa shape index (κ1) is 14.0. The topological polar surface area (TPSA) is 63.4 Å². The molecule has 2 rings (SSSR count). The van der Waals surface area contributed by atoms with E-state index in [-0.39, 0.29) is 6.04 Å². The van der Waals surface area contributed by atoms with Crippen LogP contribution in [0.5, 0.6) is 0 Å². The van der Waals surface area contributed by atoms with E-state index in [1.165, 1.54) is 4.31 Å². The van der Waals surface area contributed by atoms with Gasteiger partial charge in [0.05, 0.1) is 4.90 Å². The van der Waals surface area contributed by atoms with E-state index in [0.29, 0.717) is 21.8 Å². The third-order valence-electron chi connectivity index (χ3n) is 3.37. The van der Waals surface area contributed by atoms with Crippen LogP contribution in [-0.2, 0) is 10.0 Å². The highest BCUT2D eigenvalue weighted by atomic mass is 79.9. The number of nitrogens with two attached hydrogens (primary N) is 1. The third-order valence-corrected chi connectivity index (χ3v) is 6.26. The second-order valence-electron chi connectivity index (χ2n) is 4.59. The zero-order valence-corrected chi connectivity index (χ0v) is 12.6. The average Bonchev–Trinajstić information content (AvgIpc) is 3.14. The smallest absolute Gasteiger partial charge is 0.244 e. The third kappa shape index (κ3) is 2.61. The van der Waals surface area contributed by atoms with E-state index in [1.54, 1.807) is 31.3 Å². The van der Waals surface area contributed by atoms with E-state index in [1.807, 2.05) is 0 Å². The van der Waals surface area contributed by atoms with E-state index in [9.17, 15) is 8.42 Å². The van der Waals surface area contributed by atoms with Gasteiger partial charge in [0.1, 0.15) is 0 Å². The predicted octanol–water partition coefficient (Wildman–Crippen LogP) is 1.81. The average molecular weight is 333 g/mol. The standard InChI is InChI=1S/C12H17BrN2O2S/c1-15(11(8-14)9-6-7-9)18(16,17)12-5-3-2-4-10(12)13/h2-5,9,11H,6-8,14H2,1H3. The van der Waals surface area contributed by atoms with Gasteiger partial charge >= 0.3 is 0 Å². The molecule has 1 unspecified atom stereocenters. The molecule has 0 spiro atoms. The molecule has 6 heteroatoms. The second kappa shape index (κ2) is 5.28. The summed E-state index contributed by atoms with van der Waals surface area (Å²) in [6.45, 7) is 0.366. The number of likely N-dealkylation sites (N-methyl/N-ethyl adjacent to an activating group) is 1. The van der Waals surface area contributed by atoms with Crippen LogP contribution in [0.2, 0.25) is 0 Å². The van der Waals surface area contributed by atoms with Gasteiger partial charge in [-0.1, -0.05) is 12.1 Å². The number of nitrogens with zero attached hydrogens (tertiary/aromatic N) is 1. The second-order valence-corrected chi connectivity index (χ2v) is 7.41. The fourth-order valence-corrected chi connectivity index (χ4v) is 4.49. The minimum absolute atomic E-state index is 0.0953. The SMILES string of the molecule is CN(C(CN)C1CC1)S(=O)(=O)c1ccccc1Br. The van der Waals surface area contributed by atoms with E-state index in [2.05, 4.69) is 15.9 Å². The summed E-state index contributed by atoms with van der Waals surface area (Å²) >= 11 is 3.29. The number of rotatable bonds is 5. The van der Waals surface area contributed by atoms with Crippen molar-refractivity contribution < 1.29 is 8.42 Å². The van der Waals surface area contributed by atoms with Crippen molar-refractivity contribution in [2.24, 2.45) is 11.7 Å². The van der Waals surface area contributed by atoms with Crippen molar-refractivity contribution >= 4 is 26.0 Å². The summed E-state index contributed by atoms with van der Waals surface area (Å²) < 4.78 is 27.1. The summed E-state index contributed by atoms with van der Waals surface area (Å²) in [7, 11) is -1.86. The van der Waals surface area contributed by atoms with Gasteiger partial charge in [-0.05, 0) is 46.8 Å². The molecule has 100 valence electrons.